The van der Waals surface area contributed by atoms with Crippen LogP contribution < -0.4 is 5.32 Å². The monoisotopic (exact) mass is 313 g/mol. The predicted octanol–water partition coefficient (Wildman–Crippen LogP) is 1.62. The summed E-state index contributed by atoms with van der Waals surface area (Å²) < 4.78 is 25.0. The summed E-state index contributed by atoms with van der Waals surface area (Å²) in [5.41, 5.74) is 3.56. The van der Waals surface area contributed by atoms with Crippen molar-refractivity contribution in [1.29, 1.82) is 0 Å². The van der Waals surface area contributed by atoms with Crippen molar-refractivity contribution in [2.75, 3.05) is 18.1 Å². The van der Waals surface area contributed by atoms with Crippen molar-refractivity contribution >= 4 is 9.84 Å². The highest BCUT2D eigenvalue weighted by molar-refractivity contribution is 7.91. The number of hydrogen-bond donors (Lipinski definition) is 1. The minimum Gasteiger partial charge on any atom is -0.314 e. The van der Waals surface area contributed by atoms with E-state index in [1.807, 2.05) is 11.6 Å². The molecule has 1 aliphatic carbocycles. The van der Waals surface area contributed by atoms with Gasteiger partial charge in [0.1, 0.15) is 9.84 Å². The summed E-state index contributed by atoms with van der Waals surface area (Å²) in [6.07, 6.45) is 4.26. The van der Waals surface area contributed by atoms with Crippen LogP contribution in [0.1, 0.15) is 43.1 Å². The van der Waals surface area contributed by atoms with Crippen LogP contribution in [0.5, 0.6) is 0 Å². The van der Waals surface area contributed by atoms with Gasteiger partial charge in [-0.15, -0.1) is 0 Å². The second-order valence-corrected chi connectivity index (χ2v) is 8.41. The van der Waals surface area contributed by atoms with Crippen molar-refractivity contribution in [3.8, 4) is 0 Å². The van der Waals surface area contributed by atoms with E-state index >= 15 is 0 Å². The van der Waals surface area contributed by atoms with E-state index in [1.165, 1.54) is 24.1 Å². The lowest BCUT2D eigenvalue weighted by atomic mass is 10.1. The number of nitrogens with one attached hydrogen (secondary N) is 1. The molecule has 1 saturated carbocycles. The highest BCUT2D eigenvalue weighted by atomic mass is 32.2. The molecular weight excluding hydrogens is 286 g/mol. The Bertz CT molecular complexity index is 574. The fourth-order valence-electron chi connectivity index (χ4n) is 2.58. The number of aryl methyl sites for hydroxylation is 2. The SMILES string of the molecule is CCS(=O)(=O)CCCn1nc(C)c(CCNC2CC2)c1C. The fourth-order valence-corrected chi connectivity index (χ4v) is 3.44. The summed E-state index contributed by atoms with van der Waals surface area (Å²) in [5.74, 6) is 0.475. The Labute approximate surface area is 128 Å². The van der Waals surface area contributed by atoms with Gasteiger partial charge in [-0.1, -0.05) is 6.92 Å². The van der Waals surface area contributed by atoms with Gasteiger partial charge < -0.3 is 5.32 Å². The lowest BCUT2D eigenvalue weighted by Crippen LogP contribution is -2.19. The summed E-state index contributed by atoms with van der Waals surface area (Å²) in [5, 5.41) is 8.09. The van der Waals surface area contributed by atoms with Crippen LogP contribution in [0.3, 0.4) is 0 Å². The van der Waals surface area contributed by atoms with Crippen LogP contribution in [0.4, 0.5) is 0 Å². The van der Waals surface area contributed by atoms with Gasteiger partial charge in [-0.25, -0.2) is 8.42 Å². The molecule has 5 nitrogen and oxygen atoms in total. The molecule has 0 bridgehead atoms. The molecule has 0 aromatic carbocycles. The molecule has 21 heavy (non-hydrogen) atoms. The predicted molar refractivity (Wildman–Crippen MR) is 85.4 cm³/mol. The standard InChI is InChI=1S/C15H27N3O2S/c1-4-21(19,20)11-5-10-18-13(3)15(12(2)17-18)8-9-16-14-6-7-14/h14,16H,4-11H2,1-3H3. The van der Waals surface area contributed by atoms with Crippen molar-refractivity contribution in [2.45, 2.75) is 59.0 Å². The van der Waals surface area contributed by atoms with Crippen molar-refractivity contribution in [2.24, 2.45) is 0 Å². The van der Waals surface area contributed by atoms with Crippen molar-refractivity contribution in [1.82, 2.24) is 15.1 Å². The fraction of sp³-hybridized carbons (Fsp3) is 0.800. The first-order valence-corrected chi connectivity index (χ1v) is 9.71. The molecular formula is C15H27N3O2S. The average molecular weight is 313 g/mol. The Morgan fingerprint density at radius 1 is 1.33 bits per heavy atom. The molecule has 0 saturated heterocycles. The van der Waals surface area contributed by atoms with Crippen LogP contribution in [0.2, 0.25) is 0 Å². The molecule has 1 aliphatic rings. The Morgan fingerprint density at radius 2 is 2.05 bits per heavy atom. The first kappa shape index (κ1) is 16.5. The van der Waals surface area contributed by atoms with Crippen molar-refractivity contribution in [3.63, 3.8) is 0 Å². The number of aromatic nitrogens is 2. The molecule has 1 aromatic heterocycles. The largest absolute Gasteiger partial charge is 0.314 e. The van der Waals surface area contributed by atoms with E-state index in [0.717, 1.165) is 24.7 Å². The van der Waals surface area contributed by atoms with Crippen LogP contribution in [-0.4, -0.2) is 42.3 Å². The maximum Gasteiger partial charge on any atom is 0.150 e. The second-order valence-electron chi connectivity index (χ2n) is 5.94. The zero-order chi connectivity index (χ0) is 15.5. The minimum absolute atomic E-state index is 0.224. The number of hydrogen-bond acceptors (Lipinski definition) is 4. The third kappa shape index (κ3) is 4.81. The number of nitrogens with zero attached hydrogens (tertiary/aromatic N) is 2. The van der Waals surface area contributed by atoms with Crippen molar-refractivity contribution in [3.05, 3.63) is 17.0 Å². The van der Waals surface area contributed by atoms with Crippen LogP contribution >= 0.6 is 0 Å². The first-order valence-electron chi connectivity index (χ1n) is 7.89. The number of rotatable bonds is 9. The molecule has 6 heteroatoms. The van der Waals surface area contributed by atoms with E-state index in [4.69, 9.17) is 0 Å². The van der Waals surface area contributed by atoms with Gasteiger partial charge in [-0.05, 0) is 51.6 Å². The zero-order valence-electron chi connectivity index (χ0n) is 13.4. The Morgan fingerprint density at radius 3 is 2.67 bits per heavy atom. The Hall–Kier alpha value is -0.880. The van der Waals surface area contributed by atoms with Gasteiger partial charge in [0.15, 0.2) is 0 Å². The van der Waals surface area contributed by atoms with E-state index in [0.29, 0.717) is 13.0 Å². The van der Waals surface area contributed by atoms with Gasteiger partial charge in [0.2, 0.25) is 0 Å². The zero-order valence-corrected chi connectivity index (χ0v) is 14.2. The molecule has 1 N–H and O–H groups in total. The van der Waals surface area contributed by atoms with E-state index < -0.39 is 9.84 Å². The molecule has 0 aliphatic heterocycles. The van der Waals surface area contributed by atoms with Gasteiger partial charge in [-0.3, -0.25) is 4.68 Å². The topological polar surface area (TPSA) is 64.0 Å². The van der Waals surface area contributed by atoms with E-state index in [2.05, 4.69) is 17.3 Å². The number of sulfone groups is 1. The maximum absolute atomic E-state index is 11.5. The Balaban J connectivity index is 1.87. The second kappa shape index (κ2) is 6.92. The molecule has 1 heterocycles. The van der Waals surface area contributed by atoms with Gasteiger partial charge in [0.05, 0.1) is 11.4 Å². The third-order valence-corrected chi connectivity index (χ3v) is 5.97. The highest BCUT2D eigenvalue weighted by Crippen LogP contribution is 2.19. The van der Waals surface area contributed by atoms with Gasteiger partial charge >= 0.3 is 0 Å². The molecule has 0 spiro atoms. The van der Waals surface area contributed by atoms with Gasteiger partial charge in [0.25, 0.3) is 0 Å². The summed E-state index contributed by atoms with van der Waals surface area (Å²) in [6, 6.07) is 0.736. The minimum atomic E-state index is -2.87. The molecule has 0 unspecified atom stereocenters. The first-order chi connectivity index (χ1) is 9.93. The van der Waals surface area contributed by atoms with Crippen LogP contribution in [0.15, 0.2) is 0 Å². The molecule has 0 amide bonds. The van der Waals surface area contributed by atoms with E-state index in [1.54, 1.807) is 6.92 Å². The smallest absolute Gasteiger partial charge is 0.150 e. The summed E-state index contributed by atoms with van der Waals surface area (Å²) in [7, 11) is -2.87. The van der Waals surface area contributed by atoms with E-state index in [9.17, 15) is 8.42 Å². The molecule has 0 atom stereocenters. The quantitative estimate of drug-likeness (QED) is 0.752. The molecule has 0 radical (unpaired) electrons. The summed E-state index contributed by atoms with van der Waals surface area (Å²) in [6.45, 7) is 7.51. The van der Waals surface area contributed by atoms with Crippen LogP contribution in [0.25, 0.3) is 0 Å². The normalized spacial score (nSPS) is 15.6. The lowest BCUT2D eigenvalue weighted by Gasteiger charge is -2.06. The highest BCUT2D eigenvalue weighted by Gasteiger charge is 2.20. The van der Waals surface area contributed by atoms with Gasteiger partial charge in [-0.2, -0.15) is 5.10 Å². The molecule has 1 aromatic rings. The Kier molecular flexibility index (Phi) is 5.43. The summed E-state index contributed by atoms with van der Waals surface area (Å²) in [4.78, 5) is 0. The maximum atomic E-state index is 11.5. The molecule has 2 rings (SSSR count). The van der Waals surface area contributed by atoms with Crippen molar-refractivity contribution < 1.29 is 8.42 Å². The van der Waals surface area contributed by atoms with Crippen LogP contribution in [0, 0.1) is 13.8 Å². The summed E-state index contributed by atoms with van der Waals surface area (Å²) >= 11 is 0. The van der Waals surface area contributed by atoms with Gasteiger partial charge in [0, 0.05) is 24.0 Å². The van der Waals surface area contributed by atoms with E-state index in [-0.39, 0.29) is 11.5 Å². The lowest BCUT2D eigenvalue weighted by molar-refractivity contribution is 0.564. The third-order valence-electron chi connectivity index (χ3n) is 4.18. The average Bonchev–Trinajstić information content (AvgIpc) is 3.21. The molecule has 120 valence electrons. The van der Waals surface area contributed by atoms with Crippen LogP contribution in [-0.2, 0) is 22.8 Å². The molecule has 1 fully saturated rings.